The topological polar surface area (TPSA) is 18.5 Å². The predicted octanol–water partition coefficient (Wildman–Crippen LogP) is 1.40. The molecule has 1 atom stereocenters. The van der Waals surface area contributed by atoms with Crippen molar-refractivity contribution in [2.45, 2.75) is 45.7 Å². The maximum atomic E-state index is 3.45. The van der Waals surface area contributed by atoms with Crippen LogP contribution in [-0.4, -0.2) is 60.6 Å². The molecule has 17 heavy (non-hydrogen) atoms. The fourth-order valence-electron chi connectivity index (χ4n) is 3.33. The van der Waals surface area contributed by atoms with Gasteiger partial charge < -0.3 is 5.32 Å². The zero-order chi connectivity index (χ0) is 12.5. The number of nitrogens with one attached hydrogen (secondary N) is 1. The van der Waals surface area contributed by atoms with E-state index in [9.17, 15) is 0 Å². The van der Waals surface area contributed by atoms with Crippen molar-refractivity contribution in [3.8, 4) is 0 Å². The van der Waals surface area contributed by atoms with Crippen LogP contribution in [0.25, 0.3) is 0 Å². The summed E-state index contributed by atoms with van der Waals surface area (Å²) in [5.74, 6) is 0.774. The van der Waals surface area contributed by atoms with E-state index in [-0.39, 0.29) is 0 Å². The van der Waals surface area contributed by atoms with Gasteiger partial charge in [0, 0.05) is 50.8 Å². The largest absolute Gasteiger partial charge is 0.314 e. The molecule has 2 heterocycles. The highest BCUT2D eigenvalue weighted by molar-refractivity contribution is 4.98. The Kier molecular flexibility index (Phi) is 4.11. The van der Waals surface area contributed by atoms with Gasteiger partial charge in [-0.15, -0.1) is 0 Å². The molecule has 0 saturated carbocycles. The Balaban J connectivity index is 1.94. The number of nitrogens with zero attached hydrogens (tertiary/aromatic N) is 2. The summed E-state index contributed by atoms with van der Waals surface area (Å²) in [6, 6.07) is 0.783. The minimum atomic E-state index is 0.389. The Morgan fingerprint density at radius 3 is 2.47 bits per heavy atom. The third-order valence-corrected chi connectivity index (χ3v) is 4.28. The van der Waals surface area contributed by atoms with Crippen LogP contribution >= 0.6 is 0 Å². The van der Waals surface area contributed by atoms with E-state index in [0.29, 0.717) is 5.54 Å². The molecule has 0 aliphatic carbocycles. The Labute approximate surface area is 107 Å². The molecular formula is C14H29N3. The number of hydrogen-bond donors (Lipinski definition) is 1. The summed E-state index contributed by atoms with van der Waals surface area (Å²) in [6.07, 6.45) is 1.33. The van der Waals surface area contributed by atoms with Gasteiger partial charge >= 0.3 is 0 Å². The lowest BCUT2D eigenvalue weighted by molar-refractivity contribution is 0.149. The molecule has 1 N–H and O–H groups in total. The molecule has 2 saturated heterocycles. The smallest absolute Gasteiger partial charge is 0.0241 e. The molecule has 0 amide bonds. The van der Waals surface area contributed by atoms with Gasteiger partial charge in [0.25, 0.3) is 0 Å². The molecule has 3 nitrogen and oxygen atoms in total. The van der Waals surface area contributed by atoms with Gasteiger partial charge in [-0.05, 0) is 26.2 Å². The lowest BCUT2D eigenvalue weighted by Gasteiger charge is -2.32. The third-order valence-electron chi connectivity index (χ3n) is 4.28. The van der Waals surface area contributed by atoms with E-state index in [1.165, 1.54) is 45.7 Å². The van der Waals surface area contributed by atoms with Gasteiger partial charge in [0.2, 0.25) is 0 Å². The lowest BCUT2D eigenvalue weighted by Crippen LogP contribution is -2.49. The summed E-state index contributed by atoms with van der Waals surface area (Å²) in [5, 5.41) is 3.45. The van der Waals surface area contributed by atoms with Crippen molar-refractivity contribution in [2.24, 2.45) is 5.92 Å². The molecule has 0 bridgehead atoms. The maximum absolute atomic E-state index is 3.45. The SMILES string of the molecule is CC(C)CN1CC(N2CCNCC2)CC1(C)C. The maximum Gasteiger partial charge on any atom is 0.0241 e. The Morgan fingerprint density at radius 2 is 1.88 bits per heavy atom. The summed E-state index contributed by atoms with van der Waals surface area (Å²) in [7, 11) is 0. The first-order valence-electron chi connectivity index (χ1n) is 7.19. The van der Waals surface area contributed by atoms with Gasteiger partial charge in [-0.2, -0.15) is 0 Å². The van der Waals surface area contributed by atoms with Crippen LogP contribution in [0.5, 0.6) is 0 Å². The highest BCUT2D eigenvalue weighted by atomic mass is 15.3. The van der Waals surface area contributed by atoms with Crippen molar-refractivity contribution in [3.05, 3.63) is 0 Å². The minimum absolute atomic E-state index is 0.389. The molecule has 0 aromatic rings. The van der Waals surface area contributed by atoms with E-state index < -0.39 is 0 Å². The first-order valence-corrected chi connectivity index (χ1v) is 7.19. The van der Waals surface area contributed by atoms with Gasteiger partial charge in [-0.1, -0.05) is 13.8 Å². The minimum Gasteiger partial charge on any atom is -0.314 e. The average molecular weight is 239 g/mol. The Morgan fingerprint density at radius 1 is 1.24 bits per heavy atom. The Hall–Kier alpha value is -0.120. The summed E-state index contributed by atoms with van der Waals surface area (Å²) < 4.78 is 0. The molecule has 1 unspecified atom stereocenters. The first-order chi connectivity index (χ1) is 7.99. The van der Waals surface area contributed by atoms with Crippen molar-refractivity contribution < 1.29 is 0 Å². The monoisotopic (exact) mass is 239 g/mol. The normalized spacial score (nSPS) is 31.2. The van der Waals surface area contributed by atoms with E-state index in [2.05, 4.69) is 42.8 Å². The van der Waals surface area contributed by atoms with Gasteiger partial charge in [0.15, 0.2) is 0 Å². The van der Waals surface area contributed by atoms with E-state index in [1.54, 1.807) is 0 Å². The molecule has 0 spiro atoms. The van der Waals surface area contributed by atoms with Crippen molar-refractivity contribution in [3.63, 3.8) is 0 Å². The van der Waals surface area contributed by atoms with Crippen LogP contribution < -0.4 is 5.32 Å². The van der Waals surface area contributed by atoms with Crippen LogP contribution in [0.3, 0.4) is 0 Å². The molecule has 2 aliphatic rings. The zero-order valence-electron chi connectivity index (χ0n) is 12.0. The molecule has 100 valence electrons. The van der Waals surface area contributed by atoms with E-state index in [0.717, 1.165) is 12.0 Å². The number of likely N-dealkylation sites (tertiary alicyclic amines) is 1. The van der Waals surface area contributed by atoms with Crippen LogP contribution in [0.1, 0.15) is 34.1 Å². The number of rotatable bonds is 3. The lowest BCUT2D eigenvalue weighted by atomic mass is 9.98. The van der Waals surface area contributed by atoms with E-state index >= 15 is 0 Å². The van der Waals surface area contributed by atoms with Crippen molar-refractivity contribution in [1.29, 1.82) is 0 Å². The van der Waals surface area contributed by atoms with Crippen LogP contribution in [0, 0.1) is 5.92 Å². The first kappa shape index (κ1) is 13.3. The van der Waals surface area contributed by atoms with E-state index in [1.807, 2.05) is 0 Å². The highest BCUT2D eigenvalue weighted by Gasteiger charge is 2.40. The average Bonchev–Trinajstić information content (AvgIpc) is 2.55. The van der Waals surface area contributed by atoms with Crippen molar-refractivity contribution in [2.75, 3.05) is 39.3 Å². The molecule has 0 aromatic heterocycles. The number of piperazine rings is 1. The van der Waals surface area contributed by atoms with Crippen molar-refractivity contribution in [1.82, 2.24) is 15.1 Å². The van der Waals surface area contributed by atoms with Gasteiger partial charge in [-0.25, -0.2) is 0 Å². The standard InChI is InChI=1S/C14H29N3/c1-12(2)10-17-11-13(9-14(17,3)4)16-7-5-15-6-8-16/h12-13,15H,5-11H2,1-4H3. The van der Waals surface area contributed by atoms with E-state index in [4.69, 9.17) is 0 Å². The quantitative estimate of drug-likeness (QED) is 0.803. The molecule has 2 rings (SSSR count). The van der Waals surface area contributed by atoms with Crippen LogP contribution in [0.4, 0.5) is 0 Å². The van der Waals surface area contributed by atoms with Gasteiger partial charge in [0.05, 0.1) is 0 Å². The summed E-state index contributed by atoms with van der Waals surface area (Å²) in [6.45, 7) is 16.8. The van der Waals surface area contributed by atoms with Crippen molar-refractivity contribution >= 4 is 0 Å². The third kappa shape index (κ3) is 3.21. The summed E-state index contributed by atoms with van der Waals surface area (Å²) >= 11 is 0. The second kappa shape index (κ2) is 5.25. The van der Waals surface area contributed by atoms with Crippen LogP contribution in [0.2, 0.25) is 0 Å². The zero-order valence-corrected chi connectivity index (χ0v) is 12.0. The highest BCUT2D eigenvalue weighted by Crippen LogP contribution is 2.32. The molecule has 2 fully saturated rings. The molecule has 3 heteroatoms. The van der Waals surface area contributed by atoms with Gasteiger partial charge in [0.1, 0.15) is 0 Å². The summed E-state index contributed by atoms with van der Waals surface area (Å²) in [4.78, 5) is 5.39. The number of hydrogen-bond acceptors (Lipinski definition) is 3. The van der Waals surface area contributed by atoms with Gasteiger partial charge in [-0.3, -0.25) is 9.80 Å². The second-order valence-electron chi connectivity index (χ2n) is 6.76. The fraction of sp³-hybridized carbons (Fsp3) is 1.00. The summed E-state index contributed by atoms with van der Waals surface area (Å²) in [5.41, 5.74) is 0.389. The molecule has 2 aliphatic heterocycles. The van der Waals surface area contributed by atoms with Crippen LogP contribution in [-0.2, 0) is 0 Å². The molecule has 0 radical (unpaired) electrons. The second-order valence-corrected chi connectivity index (χ2v) is 6.76. The molecular weight excluding hydrogens is 210 g/mol. The predicted molar refractivity (Wildman–Crippen MR) is 73.3 cm³/mol. The van der Waals surface area contributed by atoms with Crippen LogP contribution in [0.15, 0.2) is 0 Å². The Bertz CT molecular complexity index is 244. The fourth-order valence-corrected chi connectivity index (χ4v) is 3.33. The molecule has 0 aromatic carbocycles.